The normalized spacial score (nSPS) is 28.5. The van der Waals surface area contributed by atoms with Crippen LogP contribution < -0.4 is 0 Å². The van der Waals surface area contributed by atoms with E-state index in [0.29, 0.717) is 0 Å². The van der Waals surface area contributed by atoms with Gasteiger partial charge in [0.05, 0.1) is 8.47 Å². The molecule has 0 aromatic heterocycles. The highest BCUT2D eigenvalue weighted by atomic mass is 32.2. The molecule has 0 radical (unpaired) electrons. The second-order valence-corrected chi connectivity index (χ2v) is 9.32. The fourth-order valence-corrected chi connectivity index (χ4v) is 8.58. The van der Waals surface area contributed by atoms with Crippen molar-refractivity contribution >= 4 is 47.0 Å². The molecule has 4 rings (SSSR count). The van der Waals surface area contributed by atoms with Crippen molar-refractivity contribution in [3.63, 3.8) is 0 Å². The van der Waals surface area contributed by atoms with Crippen LogP contribution in [0.2, 0.25) is 0 Å². The molecule has 0 spiro atoms. The standard InChI is InChI=1S/C12H12S4/c1-3-7-8(4-1)14-11(13-7)12-15-9-5-2-6-10(9)16-12/h1-6H2. The van der Waals surface area contributed by atoms with Crippen molar-refractivity contribution in [3.8, 4) is 0 Å². The van der Waals surface area contributed by atoms with Gasteiger partial charge in [0, 0.05) is 19.6 Å². The first kappa shape index (κ1) is 10.5. The van der Waals surface area contributed by atoms with Gasteiger partial charge in [0.1, 0.15) is 0 Å². The van der Waals surface area contributed by atoms with E-state index >= 15 is 0 Å². The summed E-state index contributed by atoms with van der Waals surface area (Å²) in [5, 5.41) is 0. The molecule has 0 nitrogen and oxygen atoms in total. The van der Waals surface area contributed by atoms with Gasteiger partial charge in [-0.3, -0.25) is 0 Å². The van der Waals surface area contributed by atoms with E-state index < -0.39 is 0 Å². The number of thioether (sulfide) groups is 4. The molecule has 0 atom stereocenters. The molecular weight excluding hydrogens is 272 g/mol. The number of rotatable bonds is 0. The zero-order chi connectivity index (χ0) is 10.5. The average molecular weight is 284 g/mol. The van der Waals surface area contributed by atoms with Crippen LogP contribution in [0.1, 0.15) is 38.5 Å². The van der Waals surface area contributed by atoms with Gasteiger partial charge < -0.3 is 0 Å². The van der Waals surface area contributed by atoms with Crippen molar-refractivity contribution in [2.75, 3.05) is 0 Å². The molecule has 0 aromatic rings. The van der Waals surface area contributed by atoms with Crippen molar-refractivity contribution in [1.82, 2.24) is 0 Å². The van der Waals surface area contributed by atoms with Crippen LogP contribution in [0.4, 0.5) is 0 Å². The molecule has 0 bridgehead atoms. The number of hydrogen-bond donors (Lipinski definition) is 0. The van der Waals surface area contributed by atoms with Crippen LogP contribution in [-0.2, 0) is 0 Å². The maximum absolute atomic E-state index is 2.07. The third-order valence-corrected chi connectivity index (χ3v) is 9.39. The van der Waals surface area contributed by atoms with Crippen molar-refractivity contribution in [3.05, 3.63) is 28.1 Å². The Morgan fingerprint density at radius 1 is 0.500 bits per heavy atom. The Balaban J connectivity index is 1.56. The lowest BCUT2D eigenvalue weighted by Gasteiger charge is -2.05. The van der Waals surface area contributed by atoms with Crippen LogP contribution in [0.3, 0.4) is 0 Å². The van der Waals surface area contributed by atoms with Crippen LogP contribution in [0.25, 0.3) is 0 Å². The Morgan fingerprint density at radius 3 is 1.12 bits per heavy atom. The summed E-state index contributed by atoms with van der Waals surface area (Å²) < 4.78 is 3.18. The van der Waals surface area contributed by atoms with Crippen molar-refractivity contribution in [2.45, 2.75) is 38.5 Å². The molecule has 0 fully saturated rings. The molecule has 2 heterocycles. The fraction of sp³-hybridized carbons (Fsp3) is 0.500. The largest absolute Gasteiger partial charge is 0.0846 e. The van der Waals surface area contributed by atoms with Gasteiger partial charge in [-0.1, -0.05) is 47.0 Å². The van der Waals surface area contributed by atoms with Crippen LogP contribution in [0.15, 0.2) is 28.1 Å². The van der Waals surface area contributed by atoms with E-state index in [0.717, 1.165) is 0 Å². The lowest BCUT2D eigenvalue weighted by molar-refractivity contribution is 0.920. The van der Waals surface area contributed by atoms with Gasteiger partial charge in [-0.15, -0.1) is 0 Å². The maximum atomic E-state index is 2.07. The summed E-state index contributed by atoms with van der Waals surface area (Å²) in [5.41, 5.74) is 0. The fourth-order valence-electron chi connectivity index (χ4n) is 2.46. The lowest BCUT2D eigenvalue weighted by atomic mass is 10.4. The van der Waals surface area contributed by atoms with Gasteiger partial charge in [-0.25, -0.2) is 0 Å². The van der Waals surface area contributed by atoms with Crippen LogP contribution in [0, 0.1) is 0 Å². The third-order valence-electron chi connectivity index (χ3n) is 3.27. The van der Waals surface area contributed by atoms with Gasteiger partial charge in [-0.2, -0.15) is 0 Å². The van der Waals surface area contributed by atoms with Gasteiger partial charge >= 0.3 is 0 Å². The highest BCUT2D eigenvalue weighted by Crippen LogP contribution is 2.64. The first-order chi connectivity index (χ1) is 7.90. The van der Waals surface area contributed by atoms with Gasteiger partial charge in [-0.05, 0) is 38.5 Å². The quantitative estimate of drug-likeness (QED) is 0.546. The Labute approximate surface area is 113 Å². The second kappa shape index (κ2) is 4.08. The second-order valence-electron chi connectivity index (χ2n) is 4.38. The Hall–Kier alpha value is 0.620. The van der Waals surface area contributed by atoms with Crippen molar-refractivity contribution in [2.24, 2.45) is 0 Å². The third kappa shape index (κ3) is 1.64. The van der Waals surface area contributed by atoms with E-state index in [-0.39, 0.29) is 0 Å². The molecule has 16 heavy (non-hydrogen) atoms. The lowest BCUT2D eigenvalue weighted by Crippen LogP contribution is -1.74. The maximum Gasteiger partial charge on any atom is 0.0700 e. The molecule has 0 unspecified atom stereocenters. The summed E-state index contributed by atoms with van der Waals surface area (Å²) in [6, 6.07) is 0. The van der Waals surface area contributed by atoms with Crippen molar-refractivity contribution < 1.29 is 0 Å². The first-order valence-corrected chi connectivity index (χ1v) is 9.06. The summed E-state index contributed by atoms with van der Waals surface area (Å²) in [6.45, 7) is 0. The van der Waals surface area contributed by atoms with E-state index in [1.807, 2.05) is 0 Å². The summed E-state index contributed by atoms with van der Waals surface area (Å²) in [5.74, 6) is 0. The van der Waals surface area contributed by atoms with Crippen LogP contribution in [0.5, 0.6) is 0 Å². The minimum atomic E-state index is 1.34. The molecule has 0 amide bonds. The van der Waals surface area contributed by atoms with Crippen LogP contribution in [-0.4, -0.2) is 0 Å². The molecule has 2 aliphatic carbocycles. The van der Waals surface area contributed by atoms with E-state index in [1.165, 1.54) is 38.5 Å². The molecular formula is C12H12S4. The van der Waals surface area contributed by atoms with Gasteiger partial charge in [0.2, 0.25) is 0 Å². The minimum Gasteiger partial charge on any atom is -0.0846 e. The van der Waals surface area contributed by atoms with E-state index in [1.54, 1.807) is 28.1 Å². The Kier molecular flexibility index (Phi) is 2.68. The van der Waals surface area contributed by atoms with E-state index in [9.17, 15) is 0 Å². The SMILES string of the molecule is C1CC2=C(C1)SC(=C1SC3=C(CCC3)S1)S2. The zero-order valence-corrected chi connectivity index (χ0v) is 12.1. The average Bonchev–Trinajstić information content (AvgIpc) is 2.94. The predicted molar refractivity (Wildman–Crippen MR) is 79.1 cm³/mol. The topological polar surface area (TPSA) is 0 Å². The predicted octanol–water partition coefficient (Wildman–Crippen LogP) is 5.86. The highest BCUT2D eigenvalue weighted by molar-refractivity contribution is 8.34. The summed E-state index contributed by atoms with van der Waals surface area (Å²) >= 11 is 8.28. The monoisotopic (exact) mass is 284 g/mol. The molecule has 0 saturated heterocycles. The van der Waals surface area contributed by atoms with Gasteiger partial charge in [0.15, 0.2) is 0 Å². The van der Waals surface area contributed by atoms with Crippen LogP contribution >= 0.6 is 47.0 Å². The Bertz CT molecular complexity index is 378. The molecule has 0 N–H and O–H groups in total. The summed E-state index contributed by atoms with van der Waals surface area (Å²) in [6.07, 6.45) is 8.14. The molecule has 4 aliphatic rings. The number of hydrogen-bond acceptors (Lipinski definition) is 4. The summed E-state index contributed by atoms with van der Waals surface area (Å²) in [7, 11) is 0. The zero-order valence-electron chi connectivity index (χ0n) is 8.88. The smallest absolute Gasteiger partial charge is 0.0700 e. The highest BCUT2D eigenvalue weighted by Gasteiger charge is 2.32. The molecule has 0 aromatic carbocycles. The molecule has 84 valence electrons. The van der Waals surface area contributed by atoms with E-state index in [4.69, 9.17) is 0 Å². The Morgan fingerprint density at radius 2 is 0.812 bits per heavy atom. The minimum absolute atomic E-state index is 1.34. The van der Waals surface area contributed by atoms with Gasteiger partial charge in [0.25, 0.3) is 0 Å². The molecule has 2 aliphatic heterocycles. The summed E-state index contributed by atoms with van der Waals surface area (Å²) in [4.78, 5) is 6.73. The van der Waals surface area contributed by atoms with E-state index in [2.05, 4.69) is 47.0 Å². The van der Waals surface area contributed by atoms with Crippen molar-refractivity contribution in [1.29, 1.82) is 0 Å². The molecule has 0 saturated carbocycles. The first-order valence-electron chi connectivity index (χ1n) is 5.80. The number of allylic oxidation sites excluding steroid dienone is 4. The molecule has 4 heteroatoms.